The summed E-state index contributed by atoms with van der Waals surface area (Å²) in [5.74, 6) is 0.371. The van der Waals surface area contributed by atoms with Crippen LogP contribution in [0.25, 0.3) is 0 Å². The molecule has 266 valence electrons. The fourth-order valence-electron chi connectivity index (χ4n) is 4.55. The smallest absolute Gasteiger partial charge is 0.306 e. The Hall–Kier alpha value is -4.92. The average molecular weight is 685 g/mol. The highest BCUT2D eigenvalue weighted by Crippen LogP contribution is 2.29. The van der Waals surface area contributed by atoms with E-state index in [1.54, 1.807) is 14.2 Å². The SMILES string of the molecule is COc1ccc(COC2COCCCC(=O)OC(C)[C@@H]2OCc2ccc(OC)cc2)cc1.COc1ccnc(C(N)=O)c1OCOC(C)=O. The number of benzene rings is 2. The molecule has 1 aliphatic heterocycles. The van der Waals surface area contributed by atoms with E-state index < -0.39 is 30.2 Å². The molecule has 3 atom stereocenters. The van der Waals surface area contributed by atoms with E-state index >= 15 is 0 Å². The summed E-state index contributed by atoms with van der Waals surface area (Å²) in [4.78, 5) is 37.6. The van der Waals surface area contributed by atoms with Gasteiger partial charge in [-0.05, 0) is 48.7 Å². The molecule has 0 radical (unpaired) electrons. The number of carbonyl (C=O) groups excluding carboxylic acids is 3. The molecule has 0 spiro atoms. The molecule has 14 heteroatoms. The van der Waals surface area contributed by atoms with Crippen molar-refractivity contribution in [1.82, 2.24) is 4.98 Å². The first-order chi connectivity index (χ1) is 23.6. The van der Waals surface area contributed by atoms with Crippen molar-refractivity contribution in [3.05, 3.63) is 77.6 Å². The average Bonchev–Trinajstić information content (AvgIpc) is 3.10. The highest BCUT2D eigenvalue weighted by molar-refractivity contribution is 5.94. The van der Waals surface area contributed by atoms with Gasteiger partial charge in [0.05, 0.1) is 41.2 Å². The van der Waals surface area contributed by atoms with Crippen molar-refractivity contribution in [1.29, 1.82) is 0 Å². The van der Waals surface area contributed by atoms with Crippen LogP contribution in [-0.2, 0) is 46.5 Å². The Kier molecular flexibility index (Phi) is 16.1. The number of primary amides is 1. The summed E-state index contributed by atoms with van der Waals surface area (Å²) in [6, 6.07) is 16.9. The standard InChI is InChI=1S/C25H32O7.C10H12N2O5/c1-18-25(31-16-20-8-12-22(28-3)13-9-20)23(17-29-14-4-5-24(26)32-18)30-15-19-6-10-21(27-2)11-7-19;1-6(13)16-5-17-9-7(15-2)3-4-12-8(9)10(11)14/h6-13,18,23,25H,4-5,14-17H2,1-3H3;3-4H,5H2,1-2H3,(H2,11,14)/t18?,23?,25-;/m0./s1. The number of methoxy groups -OCH3 is 3. The van der Waals surface area contributed by atoms with Crippen LogP contribution in [0.1, 0.15) is 48.3 Å². The van der Waals surface area contributed by atoms with Gasteiger partial charge in [0, 0.05) is 32.2 Å². The highest BCUT2D eigenvalue weighted by atomic mass is 16.7. The molecule has 49 heavy (non-hydrogen) atoms. The molecule has 3 aromatic rings. The maximum absolute atomic E-state index is 12.1. The van der Waals surface area contributed by atoms with Gasteiger partial charge in [0.2, 0.25) is 6.79 Å². The normalized spacial score (nSPS) is 17.7. The lowest BCUT2D eigenvalue weighted by atomic mass is 10.1. The van der Waals surface area contributed by atoms with E-state index in [0.717, 1.165) is 22.6 Å². The van der Waals surface area contributed by atoms with E-state index in [1.165, 1.54) is 26.3 Å². The number of amides is 1. The summed E-state index contributed by atoms with van der Waals surface area (Å²) < 4.78 is 49.0. The Morgan fingerprint density at radius 1 is 0.898 bits per heavy atom. The number of hydrogen-bond acceptors (Lipinski definition) is 13. The van der Waals surface area contributed by atoms with Crippen LogP contribution in [0.15, 0.2) is 60.8 Å². The van der Waals surface area contributed by atoms with Gasteiger partial charge in [0.1, 0.15) is 29.8 Å². The number of esters is 2. The molecule has 14 nitrogen and oxygen atoms in total. The van der Waals surface area contributed by atoms with Crippen molar-refractivity contribution >= 4 is 17.8 Å². The molecule has 0 aliphatic carbocycles. The van der Waals surface area contributed by atoms with E-state index in [-0.39, 0.29) is 30.0 Å². The second-order valence-corrected chi connectivity index (χ2v) is 10.6. The van der Waals surface area contributed by atoms with Crippen LogP contribution in [0.5, 0.6) is 23.0 Å². The molecular formula is C35H44N2O12. The molecule has 1 saturated heterocycles. The van der Waals surface area contributed by atoms with Gasteiger partial charge < -0.3 is 48.4 Å². The lowest BCUT2D eigenvalue weighted by molar-refractivity contribution is -0.180. The number of rotatable bonds is 13. The quantitative estimate of drug-likeness (QED) is 0.202. The largest absolute Gasteiger partial charge is 0.497 e. The van der Waals surface area contributed by atoms with Crippen LogP contribution in [0.4, 0.5) is 0 Å². The van der Waals surface area contributed by atoms with E-state index in [0.29, 0.717) is 39.3 Å². The number of pyridine rings is 1. The van der Waals surface area contributed by atoms with Gasteiger partial charge in [0.25, 0.3) is 5.91 Å². The van der Waals surface area contributed by atoms with Gasteiger partial charge in [0.15, 0.2) is 17.2 Å². The molecule has 1 amide bonds. The maximum atomic E-state index is 12.1. The summed E-state index contributed by atoms with van der Waals surface area (Å²) in [5.41, 5.74) is 7.02. The Morgan fingerprint density at radius 3 is 2.06 bits per heavy atom. The van der Waals surface area contributed by atoms with E-state index in [2.05, 4.69) is 9.72 Å². The molecule has 4 rings (SSSR count). The lowest BCUT2D eigenvalue weighted by Crippen LogP contribution is -2.45. The van der Waals surface area contributed by atoms with Crippen molar-refractivity contribution in [2.75, 3.05) is 41.3 Å². The molecule has 2 aromatic carbocycles. The third-order valence-corrected chi connectivity index (χ3v) is 7.11. The number of nitrogens with two attached hydrogens (primary N) is 1. The first-order valence-corrected chi connectivity index (χ1v) is 15.5. The number of aromatic nitrogens is 1. The molecule has 2 heterocycles. The number of ether oxygens (including phenoxy) is 9. The fraction of sp³-hybridized carbons (Fsp3) is 0.429. The van der Waals surface area contributed by atoms with E-state index in [9.17, 15) is 14.4 Å². The van der Waals surface area contributed by atoms with Gasteiger partial charge >= 0.3 is 11.9 Å². The zero-order valence-electron chi connectivity index (χ0n) is 28.4. The van der Waals surface area contributed by atoms with Gasteiger partial charge in [-0.3, -0.25) is 14.4 Å². The van der Waals surface area contributed by atoms with Gasteiger partial charge in [-0.2, -0.15) is 0 Å². The minimum atomic E-state index is -0.762. The van der Waals surface area contributed by atoms with Crippen molar-refractivity contribution < 1.29 is 57.0 Å². The zero-order valence-corrected chi connectivity index (χ0v) is 28.4. The van der Waals surface area contributed by atoms with Crippen molar-refractivity contribution in [3.63, 3.8) is 0 Å². The summed E-state index contributed by atoms with van der Waals surface area (Å²) >= 11 is 0. The van der Waals surface area contributed by atoms with Crippen LogP contribution in [0.2, 0.25) is 0 Å². The molecule has 1 aromatic heterocycles. The third-order valence-electron chi connectivity index (χ3n) is 7.11. The Labute approximate surface area is 285 Å². The molecule has 1 fully saturated rings. The summed E-state index contributed by atoms with van der Waals surface area (Å²) in [5, 5.41) is 0. The Bertz CT molecular complexity index is 1470. The fourth-order valence-corrected chi connectivity index (χ4v) is 4.55. The Balaban J connectivity index is 0.000000323. The summed E-state index contributed by atoms with van der Waals surface area (Å²) in [7, 11) is 4.67. The molecule has 2 N–H and O–H groups in total. The summed E-state index contributed by atoms with van der Waals surface area (Å²) in [6.07, 6.45) is 0.926. The number of nitrogens with zero attached hydrogens (tertiary/aromatic N) is 1. The molecule has 1 aliphatic rings. The monoisotopic (exact) mass is 684 g/mol. The van der Waals surface area contributed by atoms with E-state index in [4.69, 9.17) is 43.6 Å². The minimum Gasteiger partial charge on any atom is -0.497 e. The van der Waals surface area contributed by atoms with Gasteiger partial charge in [-0.15, -0.1) is 0 Å². The number of cyclic esters (lactones) is 1. The Morgan fingerprint density at radius 2 is 1.51 bits per heavy atom. The predicted molar refractivity (Wildman–Crippen MR) is 175 cm³/mol. The second-order valence-electron chi connectivity index (χ2n) is 10.6. The first-order valence-electron chi connectivity index (χ1n) is 15.5. The topological polar surface area (TPSA) is 173 Å². The molecule has 2 unspecified atom stereocenters. The zero-order chi connectivity index (χ0) is 35.6. The van der Waals surface area contributed by atoms with Crippen molar-refractivity contribution in [2.24, 2.45) is 5.73 Å². The minimum absolute atomic E-state index is 0.0451. The van der Waals surface area contributed by atoms with Gasteiger partial charge in [-0.1, -0.05) is 24.3 Å². The van der Waals surface area contributed by atoms with Crippen LogP contribution < -0.4 is 24.7 Å². The highest BCUT2D eigenvalue weighted by Gasteiger charge is 2.32. The van der Waals surface area contributed by atoms with Crippen LogP contribution in [0, 0.1) is 0 Å². The van der Waals surface area contributed by atoms with Crippen molar-refractivity contribution in [3.8, 4) is 23.0 Å². The molecule has 0 bridgehead atoms. The first kappa shape index (κ1) is 38.5. The summed E-state index contributed by atoms with van der Waals surface area (Å²) in [6.45, 7) is 4.26. The van der Waals surface area contributed by atoms with Crippen molar-refractivity contribution in [2.45, 2.75) is 58.2 Å². The van der Waals surface area contributed by atoms with Crippen LogP contribution >= 0.6 is 0 Å². The maximum Gasteiger partial charge on any atom is 0.306 e. The third kappa shape index (κ3) is 12.9. The number of hydrogen-bond donors (Lipinski definition) is 1. The lowest BCUT2D eigenvalue weighted by Gasteiger charge is -2.32. The molecule has 0 saturated carbocycles. The molecular weight excluding hydrogens is 640 g/mol. The number of carbonyl (C=O) groups is 3. The van der Waals surface area contributed by atoms with Crippen LogP contribution in [-0.4, -0.2) is 82.5 Å². The van der Waals surface area contributed by atoms with E-state index in [1.807, 2.05) is 55.5 Å². The van der Waals surface area contributed by atoms with Gasteiger partial charge in [-0.25, -0.2) is 4.98 Å². The second kappa shape index (κ2) is 20.4. The van der Waals surface area contributed by atoms with Crippen LogP contribution in [0.3, 0.4) is 0 Å². The predicted octanol–water partition coefficient (Wildman–Crippen LogP) is 4.01.